The molecule has 0 saturated carbocycles. The van der Waals surface area contributed by atoms with Crippen LogP contribution in [0, 0.1) is 6.08 Å². The van der Waals surface area contributed by atoms with Crippen molar-refractivity contribution in [3.63, 3.8) is 0 Å². The van der Waals surface area contributed by atoms with Crippen LogP contribution in [-0.2, 0) is 4.74 Å². The van der Waals surface area contributed by atoms with Gasteiger partial charge in [-0.25, -0.2) is 4.39 Å². The van der Waals surface area contributed by atoms with Gasteiger partial charge in [-0.05, 0) is 0 Å². The second kappa shape index (κ2) is 1.78. The summed E-state index contributed by atoms with van der Waals surface area (Å²) < 4.78 is 16.4. The summed E-state index contributed by atoms with van der Waals surface area (Å²) in [7, 11) is 0. The highest BCUT2D eigenvalue weighted by atomic mass is 19.1. The molecular formula is C5H4FO. The SMILES string of the molecule is FC1=[C]COC=C1. The van der Waals surface area contributed by atoms with E-state index >= 15 is 0 Å². The normalized spacial score (nSPS) is 18.1. The molecule has 1 radical (unpaired) electrons. The van der Waals surface area contributed by atoms with Gasteiger partial charge in [-0.1, -0.05) is 0 Å². The molecule has 37 valence electrons. The van der Waals surface area contributed by atoms with Crippen LogP contribution in [0.1, 0.15) is 0 Å². The van der Waals surface area contributed by atoms with Crippen LogP contribution in [0.2, 0.25) is 0 Å². The van der Waals surface area contributed by atoms with Crippen molar-refractivity contribution < 1.29 is 9.13 Å². The lowest BCUT2D eigenvalue weighted by atomic mass is 10.4. The Kier molecular flexibility index (Phi) is 1.11. The largest absolute Gasteiger partial charge is 0.496 e. The molecule has 0 amide bonds. The topological polar surface area (TPSA) is 9.23 Å². The van der Waals surface area contributed by atoms with Crippen molar-refractivity contribution in [2.75, 3.05) is 6.61 Å². The number of rotatable bonds is 0. The monoisotopic (exact) mass is 99.0 g/mol. The maximum atomic E-state index is 11.8. The summed E-state index contributed by atoms with van der Waals surface area (Å²) >= 11 is 0. The quantitative estimate of drug-likeness (QED) is 0.443. The van der Waals surface area contributed by atoms with Gasteiger partial charge in [0.15, 0.2) is 0 Å². The Hall–Kier alpha value is -0.790. The van der Waals surface area contributed by atoms with E-state index in [1.807, 2.05) is 0 Å². The zero-order valence-corrected chi connectivity index (χ0v) is 3.65. The molecule has 0 fully saturated rings. The van der Waals surface area contributed by atoms with Gasteiger partial charge in [0, 0.05) is 12.2 Å². The Balaban J connectivity index is 2.58. The Bertz CT molecular complexity index is 115. The molecule has 0 N–H and O–H groups in total. The maximum absolute atomic E-state index is 11.8. The van der Waals surface area contributed by atoms with Crippen molar-refractivity contribution in [3.8, 4) is 0 Å². The van der Waals surface area contributed by atoms with Gasteiger partial charge in [0.05, 0.1) is 6.26 Å². The Morgan fingerprint density at radius 3 is 3.00 bits per heavy atom. The Morgan fingerprint density at radius 2 is 2.71 bits per heavy atom. The summed E-state index contributed by atoms with van der Waals surface area (Å²) in [6.45, 7) is 0.238. The highest BCUT2D eigenvalue weighted by molar-refractivity contribution is 5.07. The molecule has 2 heteroatoms. The summed E-state index contributed by atoms with van der Waals surface area (Å²) in [5.74, 6) is -0.341. The van der Waals surface area contributed by atoms with Crippen LogP contribution in [0.5, 0.6) is 0 Å². The summed E-state index contributed by atoms with van der Waals surface area (Å²) in [5, 5.41) is 0. The zero-order chi connectivity index (χ0) is 5.11. The van der Waals surface area contributed by atoms with Gasteiger partial charge >= 0.3 is 0 Å². The van der Waals surface area contributed by atoms with E-state index in [-0.39, 0.29) is 12.4 Å². The van der Waals surface area contributed by atoms with E-state index in [1.165, 1.54) is 12.3 Å². The molecule has 0 atom stereocenters. The van der Waals surface area contributed by atoms with Gasteiger partial charge in [-0.15, -0.1) is 0 Å². The molecule has 1 rings (SSSR count). The van der Waals surface area contributed by atoms with E-state index in [9.17, 15) is 4.39 Å². The van der Waals surface area contributed by atoms with Crippen LogP contribution in [0.3, 0.4) is 0 Å². The Labute approximate surface area is 41.1 Å². The number of hydrogen-bond acceptors (Lipinski definition) is 1. The molecule has 0 aromatic carbocycles. The van der Waals surface area contributed by atoms with Crippen molar-refractivity contribution in [1.29, 1.82) is 0 Å². The lowest BCUT2D eigenvalue weighted by Gasteiger charge is -1.97. The molecule has 1 aliphatic rings. The molecule has 0 aliphatic carbocycles. The summed E-state index contributed by atoms with van der Waals surface area (Å²) in [6.07, 6.45) is 4.86. The third-order valence-corrected chi connectivity index (χ3v) is 0.635. The first-order chi connectivity index (χ1) is 3.39. The fraction of sp³-hybridized carbons (Fsp3) is 0.200. The maximum Gasteiger partial charge on any atom is 0.133 e. The van der Waals surface area contributed by atoms with E-state index < -0.39 is 0 Å². The van der Waals surface area contributed by atoms with Gasteiger partial charge in [-0.2, -0.15) is 0 Å². The second-order valence-electron chi connectivity index (χ2n) is 1.14. The van der Waals surface area contributed by atoms with Crippen LogP contribution in [0.25, 0.3) is 0 Å². The molecule has 0 aromatic rings. The number of halogens is 1. The minimum absolute atomic E-state index is 0.238. The molecular weight excluding hydrogens is 95.1 g/mol. The first-order valence-corrected chi connectivity index (χ1v) is 1.94. The third kappa shape index (κ3) is 1.03. The third-order valence-electron chi connectivity index (χ3n) is 0.635. The van der Waals surface area contributed by atoms with Gasteiger partial charge in [-0.3, -0.25) is 0 Å². The fourth-order valence-corrected chi connectivity index (χ4v) is 0.325. The number of hydrogen-bond donors (Lipinski definition) is 0. The first kappa shape index (κ1) is 4.37. The van der Waals surface area contributed by atoms with Crippen molar-refractivity contribution in [2.24, 2.45) is 0 Å². The van der Waals surface area contributed by atoms with Crippen molar-refractivity contribution in [2.45, 2.75) is 0 Å². The smallest absolute Gasteiger partial charge is 0.133 e. The average molecular weight is 99.1 g/mol. The molecule has 0 spiro atoms. The highest BCUT2D eigenvalue weighted by Gasteiger charge is 1.91. The number of allylic oxidation sites excluding steroid dienone is 2. The van der Waals surface area contributed by atoms with E-state index in [4.69, 9.17) is 0 Å². The van der Waals surface area contributed by atoms with Gasteiger partial charge in [0.2, 0.25) is 0 Å². The molecule has 0 saturated heterocycles. The first-order valence-electron chi connectivity index (χ1n) is 1.94. The lowest BCUT2D eigenvalue weighted by Crippen LogP contribution is -1.87. The van der Waals surface area contributed by atoms with Gasteiger partial charge in [0.1, 0.15) is 12.4 Å². The predicted molar refractivity (Wildman–Crippen MR) is 23.0 cm³/mol. The molecule has 0 aromatic heterocycles. The predicted octanol–water partition coefficient (Wildman–Crippen LogP) is 1.19. The fourth-order valence-electron chi connectivity index (χ4n) is 0.325. The van der Waals surface area contributed by atoms with Crippen molar-refractivity contribution in [3.05, 3.63) is 24.2 Å². The Morgan fingerprint density at radius 1 is 1.86 bits per heavy atom. The molecule has 0 unspecified atom stereocenters. The van der Waals surface area contributed by atoms with Crippen LogP contribution in [-0.4, -0.2) is 6.61 Å². The zero-order valence-electron chi connectivity index (χ0n) is 3.65. The summed E-state index contributed by atoms with van der Waals surface area (Å²) in [5.41, 5.74) is 0. The minimum Gasteiger partial charge on any atom is -0.496 e. The van der Waals surface area contributed by atoms with Crippen LogP contribution in [0.4, 0.5) is 4.39 Å². The van der Waals surface area contributed by atoms with Crippen molar-refractivity contribution in [1.82, 2.24) is 0 Å². The van der Waals surface area contributed by atoms with E-state index in [0.29, 0.717) is 0 Å². The van der Waals surface area contributed by atoms with E-state index in [1.54, 1.807) is 0 Å². The van der Waals surface area contributed by atoms with Gasteiger partial charge in [0.25, 0.3) is 0 Å². The molecule has 1 heterocycles. The molecule has 7 heavy (non-hydrogen) atoms. The molecule has 1 aliphatic heterocycles. The molecule has 1 nitrogen and oxygen atoms in total. The summed E-state index contributed by atoms with van der Waals surface area (Å²) in [4.78, 5) is 0. The lowest BCUT2D eigenvalue weighted by molar-refractivity contribution is 0.273. The van der Waals surface area contributed by atoms with Crippen LogP contribution < -0.4 is 0 Å². The van der Waals surface area contributed by atoms with E-state index in [2.05, 4.69) is 10.8 Å². The minimum atomic E-state index is -0.341. The highest BCUT2D eigenvalue weighted by Crippen LogP contribution is 2.01. The summed E-state index contributed by atoms with van der Waals surface area (Å²) in [6, 6.07) is 0. The van der Waals surface area contributed by atoms with E-state index in [0.717, 1.165) is 0 Å². The molecule has 0 bridgehead atoms. The number of ether oxygens (including phenoxy) is 1. The van der Waals surface area contributed by atoms with Crippen LogP contribution >= 0.6 is 0 Å². The average Bonchev–Trinajstić information content (AvgIpc) is 1.69. The van der Waals surface area contributed by atoms with Gasteiger partial charge < -0.3 is 4.74 Å². The van der Waals surface area contributed by atoms with Crippen LogP contribution in [0.15, 0.2) is 18.2 Å². The second-order valence-corrected chi connectivity index (χ2v) is 1.14. The standard InChI is InChI=1S/C5H4FO/c6-5-1-3-7-4-2-5/h1,3H,4H2. The van der Waals surface area contributed by atoms with Crippen molar-refractivity contribution >= 4 is 0 Å².